The average molecular weight is 373 g/mol. The van der Waals surface area contributed by atoms with Crippen molar-refractivity contribution in [2.45, 2.75) is 26.1 Å². The van der Waals surface area contributed by atoms with Crippen LogP contribution in [-0.4, -0.2) is 18.7 Å². The standard InChI is InChI=1S/C24H23NO3/c1-17-8-5-6-11-20(17)21-12-7-13-23-22(21)14-19(28-23)15-25-24(26)27-16-18-9-3-2-4-10-18/h2-13,19H,14-16H2,1H3,(H,25,26). The van der Waals surface area contributed by atoms with E-state index < -0.39 is 6.09 Å². The molecule has 1 aliphatic heterocycles. The monoisotopic (exact) mass is 373 g/mol. The summed E-state index contributed by atoms with van der Waals surface area (Å²) in [7, 11) is 0. The van der Waals surface area contributed by atoms with Crippen molar-refractivity contribution in [1.29, 1.82) is 0 Å². The highest BCUT2D eigenvalue weighted by Gasteiger charge is 2.26. The van der Waals surface area contributed by atoms with Crippen LogP contribution in [0.5, 0.6) is 5.75 Å². The molecule has 1 heterocycles. The zero-order valence-electron chi connectivity index (χ0n) is 15.9. The van der Waals surface area contributed by atoms with E-state index in [0.717, 1.165) is 17.7 Å². The summed E-state index contributed by atoms with van der Waals surface area (Å²) in [5.41, 5.74) is 5.82. The summed E-state index contributed by atoms with van der Waals surface area (Å²) in [5.74, 6) is 0.894. The van der Waals surface area contributed by atoms with Gasteiger partial charge < -0.3 is 14.8 Å². The van der Waals surface area contributed by atoms with E-state index in [2.05, 4.69) is 36.5 Å². The lowest BCUT2D eigenvalue weighted by Crippen LogP contribution is -2.34. The van der Waals surface area contributed by atoms with Crippen LogP contribution in [-0.2, 0) is 17.8 Å². The maximum atomic E-state index is 12.0. The second-order valence-electron chi connectivity index (χ2n) is 6.98. The van der Waals surface area contributed by atoms with Crippen LogP contribution in [0.25, 0.3) is 11.1 Å². The summed E-state index contributed by atoms with van der Waals surface area (Å²) in [4.78, 5) is 12.0. The number of ether oxygens (including phenoxy) is 2. The van der Waals surface area contributed by atoms with E-state index in [1.807, 2.05) is 48.5 Å². The van der Waals surface area contributed by atoms with Gasteiger partial charge in [0.05, 0.1) is 6.54 Å². The fraction of sp³-hybridized carbons (Fsp3) is 0.208. The van der Waals surface area contributed by atoms with Crippen LogP contribution >= 0.6 is 0 Å². The molecule has 4 nitrogen and oxygen atoms in total. The van der Waals surface area contributed by atoms with Gasteiger partial charge in [-0.2, -0.15) is 0 Å². The van der Waals surface area contributed by atoms with Crippen molar-refractivity contribution in [3.63, 3.8) is 0 Å². The van der Waals surface area contributed by atoms with Gasteiger partial charge in [-0.3, -0.25) is 0 Å². The number of hydrogen-bond donors (Lipinski definition) is 1. The first kappa shape index (κ1) is 18.1. The van der Waals surface area contributed by atoms with E-state index in [0.29, 0.717) is 6.54 Å². The molecule has 1 N–H and O–H groups in total. The first-order valence-corrected chi connectivity index (χ1v) is 9.50. The normalized spacial score (nSPS) is 14.8. The second kappa shape index (κ2) is 8.17. The number of carbonyl (C=O) groups excluding carboxylic acids is 1. The summed E-state index contributed by atoms with van der Waals surface area (Å²) < 4.78 is 11.3. The summed E-state index contributed by atoms with van der Waals surface area (Å²) in [5, 5.41) is 2.81. The molecule has 1 atom stereocenters. The summed E-state index contributed by atoms with van der Waals surface area (Å²) in [6, 6.07) is 24.1. The topological polar surface area (TPSA) is 47.6 Å². The lowest BCUT2D eigenvalue weighted by Gasteiger charge is -2.12. The number of fused-ring (bicyclic) bond motifs is 1. The first-order chi connectivity index (χ1) is 13.7. The smallest absolute Gasteiger partial charge is 0.407 e. The molecule has 0 saturated heterocycles. The van der Waals surface area contributed by atoms with Crippen LogP contribution in [0.15, 0.2) is 72.8 Å². The highest BCUT2D eigenvalue weighted by molar-refractivity contribution is 5.73. The van der Waals surface area contributed by atoms with Crippen molar-refractivity contribution < 1.29 is 14.3 Å². The minimum absolute atomic E-state index is 0.0931. The molecule has 4 heteroatoms. The van der Waals surface area contributed by atoms with Gasteiger partial charge in [-0.1, -0.05) is 66.7 Å². The zero-order valence-corrected chi connectivity index (χ0v) is 15.9. The Kier molecular flexibility index (Phi) is 5.29. The van der Waals surface area contributed by atoms with Crippen LogP contribution in [0, 0.1) is 6.92 Å². The molecular formula is C24H23NO3. The predicted molar refractivity (Wildman–Crippen MR) is 109 cm³/mol. The van der Waals surface area contributed by atoms with E-state index >= 15 is 0 Å². The van der Waals surface area contributed by atoms with Gasteiger partial charge in [-0.05, 0) is 35.2 Å². The third-order valence-electron chi connectivity index (χ3n) is 4.98. The summed E-state index contributed by atoms with van der Waals surface area (Å²) in [6.07, 6.45) is 0.241. The SMILES string of the molecule is Cc1ccccc1-c1cccc2c1CC(CNC(=O)OCc1ccccc1)O2. The van der Waals surface area contributed by atoms with E-state index in [1.54, 1.807) is 0 Å². The minimum atomic E-state index is -0.428. The maximum absolute atomic E-state index is 12.0. The Balaban J connectivity index is 1.36. The lowest BCUT2D eigenvalue weighted by molar-refractivity contribution is 0.133. The molecule has 0 aromatic heterocycles. The van der Waals surface area contributed by atoms with Crippen LogP contribution < -0.4 is 10.1 Å². The van der Waals surface area contributed by atoms with Gasteiger partial charge in [-0.15, -0.1) is 0 Å². The van der Waals surface area contributed by atoms with Crippen molar-refractivity contribution in [2.24, 2.45) is 0 Å². The predicted octanol–water partition coefficient (Wildman–Crippen LogP) is 4.89. The van der Waals surface area contributed by atoms with Gasteiger partial charge in [0.2, 0.25) is 0 Å². The number of rotatable bonds is 5. The van der Waals surface area contributed by atoms with Crippen LogP contribution in [0.3, 0.4) is 0 Å². The Hall–Kier alpha value is -3.27. The molecule has 0 aliphatic carbocycles. The molecule has 28 heavy (non-hydrogen) atoms. The fourth-order valence-electron chi connectivity index (χ4n) is 3.55. The molecule has 0 spiro atoms. The number of amides is 1. The van der Waals surface area contributed by atoms with Gasteiger partial charge in [0.25, 0.3) is 0 Å². The number of alkyl carbamates (subject to hydrolysis) is 1. The Morgan fingerprint density at radius 2 is 1.75 bits per heavy atom. The van der Waals surface area contributed by atoms with Gasteiger partial charge >= 0.3 is 6.09 Å². The lowest BCUT2D eigenvalue weighted by atomic mass is 9.94. The van der Waals surface area contributed by atoms with E-state index in [4.69, 9.17) is 9.47 Å². The molecule has 1 unspecified atom stereocenters. The summed E-state index contributed by atoms with van der Waals surface area (Å²) in [6.45, 7) is 2.79. The summed E-state index contributed by atoms with van der Waals surface area (Å²) >= 11 is 0. The first-order valence-electron chi connectivity index (χ1n) is 9.50. The van der Waals surface area contributed by atoms with Crippen LogP contribution in [0.4, 0.5) is 4.79 Å². The average Bonchev–Trinajstić information content (AvgIpc) is 3.15. The highest BCUT2D eigenvalue weighted by Crippen LogP contribution is 2.37. The van der Waals surface area contributed by atoms with Crippen LogP contribution in [0.2, 0.25) is 0 Å². The number of nitrogens with one attached hydrogen (secondary N) is 1. The van der Waals surface area contributed by atoms with Crippen molar-refractivity contribution in [3.8, 4) is 16.9 Å². The van der Waals surface area contributed by atoms with Crippen LogP contribution in [0.1, 0.15) is 16.7 Å². The minimum Gasteiger partial charge on any atom is -0.488 e. The molecule has 0 fully saturated rings. The molecule has 3 aromatic rings. The van der Waals surface area contributed by atoms with E-state index in [9.17, 15) is 4.79 Å². The van der Waals surface area contributed by atoms with E-state index in [1.165, 1.54) is 22.3 Å². The Morgan fingerprint density at radius 3 is 2.57 bits per heavy atom. The number of carbonyl (C=O) groups is 1. The Bertz CT molecular complexity index is 969. The maximum Gasteiger partial charge on any atom is 0.407 e. The molecule has 0 radical (unpaired) electrons. The number of hydrogen-bond acceptors (Lipinski definition) is 3. The zero-order chi connectivity index (χ0) is 19.3. The van der Waals surface area contributed by atoms with Crippen molar-refractivity contribution >= 4 is 6.09 Å². The van der Waals surface area contributed by atoms with Gasteiger partial charge in [-0.25, -0.2) is 4.79 Å². The molecule has 4 rings (SSSR count). The van der Waals surface area contributed by atoms with E-state index in [-0.39, 0.29) is 12.7 Å². The van der Waals surface area contributed by atoms with Gasteiger partial charge in [0.1, 0.15) is 18.5 Å². The molecule has 1 amide bonds. The molecule has 1 aliphatic rings. The molecule has 142 valence electrons. The quantitative estimate of drug-likeness (QED) is 0.692. The molecule has 0 bridgehead atoms. The molecular weight excluding hydrogens is 350 g/mol. The Morgan fingerprint density at radius 1 is 1.00 bits per heavy atom. The van der Waals surface area contributed by atoms with Crippen molar-refractivity contribution in [3.05, 3.63) is 89.5 Å². The van der Waals surface area contributed by atoms with Crippen molar-refractivity contribution in [1.82, 2.24) is 5.32 Å². The molecule has 0 saturated carbocycles. The third kappa shape index (κ3) is 4.01. The highest BCUT2D eigenvalue weighted by atomic mass is 16.5. The van der Waals surface area contributed by atoms with Gasteiger partial charge in [0.15, 0.2) is 0 Å². The second-order valence-corrected chi connectivity index (χ2v) is 6.98. The number of benzene rings is 3. The van der Waals surface area contributed by atoms with Crippen molar-refractivity contribution in [2.75, 3.05) is 6.54 Å². The fourth-order valence-corrected chi connectivity index (χ4v) is 3.55. The third-order valence-corrected chi connectivity index (χ3v) is 4.98. The van der Waals surface area contributed by atoms with Gasteiger partial charge in [0, 0.05) is 12.0 Å². The molecule has 3 aromatic carbocycles. The number of aryl methyl sites for hydroxylation is 1. The largest absolute Gasteiger partial charge is 0.488 e. The Labute approximate surface area is 165 Å².